The van der Waals surface area contributed by atoms with Crippen molar-refractivity contribution in [1.29, 1.82) is 0 Å². The van der Waals surface area contributed by atoms with Crippen molar-refractivity contribution in [2.24, 2.45) is 22.7 Å². The van der Waals surface area contributed by atoms with Crippen molar-refractivity contribution >= 4 is 29.2 Å². The Bertz CT molecular complexity index is 1040. The minimum absolute atomic E-state index is 0.0340. The van der Waals surface area contributed by atoms with Crippen LogP contribution >= 0.6 is 11.3 Å². The summed E-state index contributed by atoms with van der Waals surface area (Å²) in [6, 6.07) is 0. The van der Waals surface area contributed by atoms with Crippen molar-refractivity contribution < 1.29 is 49.2 Å². The number of carbonyl (C=O) groups is 2. The van der Waals surface area contributed by atoms with E-state index >= 15 is 0 Å². The number of rotatable bonds is 2. The van der Waals surface area contributed by atoms with E-state index in [-0.39, 0.29) is 23.5 Å². The summed E-state index contributed by atoms with van der Waals surface area (Å²) in [6.07, 6.45) is 4.15. The van der Waals surface area contributed by atoms with Crippen molar-refractivity contribution in [2.45, 2.75) is 108 Å². The summed E-state index contributed by atoms with van der Waals surface area (Å²) in [4.78, 5) is 31.0. The number of cyclic esters (lactones) is 1. The zero-order valence-corrected chi connectivity index (χ0v) is 25.7. The third kappa shape index (κ3) is 6.15. The van der Waals surface area contributed by atoms with Gasteiger partial charge in [-0.15, -0.1) is 0 Å². The Morgan fingerprint density at radius 2 is 2.00 bits per heavy atom. The Balaban J connectivity index is 1.62. The SMILES string of the molecule is C/C(=C\c1csc(C)n1)C1CC2[I-]O[C@H]3C[C@@]23CCC[C@H](C)[C@H](O)[C@@H](C)C(=O)C(C)(C)[C@@H](O)CC(=O)O1. The third-order valence-corrected chi connectivity index (χ3v) is 12.9. The van der Waals surface area contributed by atoms with Crippen molar-refractivity contribution in [2.75, 3.05) is 0 Å². The van der Waals surface area contributed by atoms with Crippen LogP contribution in [0.15, 0.2) is 11.0 Å². The molecule has 4 rings (SSSR count). The van der Waals surface area contributed by atoms with Crippen LogP contribution < -0.4 is 21.6 Å². The first kappa shape index (κ1) is 29.1. The molecule has 2 unspecified atom stereocenters. The van der Waals surface area contributed by atoms with Crippen LogP contribution in [0, 0.1) is 29.6 Å². The van der Waals surface area contributed by atoms with E-state index in [1.165, 1.54) is 0 Å². The molecule has 0 aromatic carbocycles. The van der Waals surface area contributed by atoms with Gasteiger partial charge in [-0.3, -0.25) is 0 Å². The molecule has 0 amide bonds. The van der Waals surface area contributed by atoms with E-state index in [0.29, 0.717) is 16.4 Å². The molecule has 37 heavy (non-hydrogen) atoms. The van der Waals surface area contributed by atoms with E-state index in [4.69, 9.17) is 7.80 Å². The molecule has 3 aliphatic rings. The van der Waals surface area contributed by atoms with E-state index in [2.05, 4.69) is 4.98 Å². The molecular formula is C28H41INO6S-. The number of ketones is 1. The van der Waals surface area contributed by atoms with E-state index in [9.17, 15) is 19.8 Å². The first-order valence-electron chi connectivity index (χ1n) is 13.3. The Kier molecular flexibility index (Phi) is 8.90. The first-order chi connectivity index (χ1) is 17.3. The molecule has 1 spiro atoms. The van der Waals surface area contributed by atoms with Crippen LogP contribution in [0.1, 0.15) is 83.8 Å². The fourth-order valence-electron chi connectivity index (χ4n) is 5.87. The summed E-state index contributed by atoms with van der Waals surface area (Å²) in [5, 5.41) is 24.9. The number of aryl methyl sites for hydroxylation is 1. The molecule has 1 aromatic heterocycles. The predicted octanol–water partition coefficient (Wildman–Crippen LogP) is 1.48. The molecule has 2 aliphatic heterocycles. The molecule has 3 heterocycles. The number of thiazole rings is 1. The number of aromatic nitrogens is 1. The summed E-state index contributed by atoms with van der Waals surface area (Å²) in [7, 11) is 0. The molecule has 2 saturated heterocycles. The van der Waals surface area contributed by atoms with Crippen LogP contribution in [0.3, 0.4) is 0 Å². The van der Waals surface area contributed by atoms with E-state index in [0.717, 1.165) is 42.0 Å². The molecule has 7 nitrogen and oxygen atoms in total. The zero-order chi connectivity index (χ0) is 27.1. The molecule has 9 heteroatoms. The Labute approximate surface area is 235 Å². The number of ether oxygens (including phenoxy) is 1. The van der Waals surface area contributed by atoms with Crippen LogP contribution in [-0.2, 0) is 17.4 Å². The molecule has 1 saturated carbocycles. The number of aliphatic hydroxyl groups excluding tert-OH is 2. The van der Waals surface area contributed by atoms with Crippen molar-refractivity contribution in [3.8, 4) is 0 Å². The normalized spacial score (nSPS) is 39.8. The monoisotopic (exact) mass is 646 g/mol. The van der Waals surface area contributed by atoms with Gasteiger partial charge < -0.3 is 0 Å². The molecule has 8 atom stereocenters. The summed E-state index contributed by atoms with van der Waals surface area (Å²) < 4.78 is 12.6. The first-order valence-corrected chi connectivity index (χ1v) is 16.3. The minimum atomic E-state index is -1.21. The Morgan fingerprint density at radius 1 is 1.27 bits per heavy atom. The summed E-state index contributed by atoms with van der Waals surface area (Å²) in [6.45, 7) is 11.0. The topological polar surface area (TPSA) is 106 Å². The number of aliphatic hydroxyl groups is 2. The molecular weight excluding hydrogens is 605 g/mol. The number of hydrogen-bond donors (Lipinski definition) is 2. The van der Waals surface area contributed by atoms with Crippen LogP contribution in [0.2, 0.25) is 0 Å². The number of hydrogen-bond acceptors (Lipinski definition) is 8. The third-order valence-electron chi connectivity index (χ3n) is 8.79. The fraction of sp³-hybridized carbons (Fsp3) is 0.750. The number of alkyl halides is 1. The number of halogens is 1. The van der Waals surface area contributed by atoms with Crippen molar-refractivity contribution in [1.82, 2.24) is 4.98 Å². The summed E-state index contributed by atoms with van der Waals surface area (Å²) in [5.74, 6) is -1.43. The average molecular weight is 647 g/mol. The van der Waals surface area contributed by atoms with Gasteiger partial charge in [0.1, 0.15) is 0 Å². The number of carbonyl (C=O) groups excluding carboxylic acids is 2. The van der Waals surface area contributed by atoms with Gasteiger partial charge in [-0.25, -0.2) is 0 Å². The van der Waals surface area contributed by atoms with Crippen LogP contribution in [0.5, 0.6) is 0 Å². The molecule has 2 N–H and O–H groups in total. The van der Waals surface area contributed by atoms with Crippen LogP contribution in [-0.4, -0.2) is 55.3 Å². The molecule has 1 aliphatic carbocycles. The predicted molar refractivity (Wildman–Crippen MR) is 138 cm³/mol. The van der Waals surface area contributed by atoms with Crippen molar-refractivity contribution in [3.63, 3.8) is 0 Å². The van der Waals surface area contributed by atoms with E-state index in [1.807, 2.05) is 32.2 Å². The summed E-state index contributed by atoms with van der Waals surface area (Å²) in [5.41, 5.74) is 0.733. The van der Waals surface area contributed by atoms with Gasteiger partial charge in [0.2, 0.25) is 0 Å². The second-order valence-corrected chi connectivity index (χ2v) is 15.5. The molecule has 208 valence electrons. The second kappa shape index (κ2) is 11.3. The van der Waals surface area contributed by atoms with Gasteiger partial charge >= 0.3 is 236 Å². The molecule has 3 fully saturated rings. The quantitative estimate of drug-likeness (QED) is 0.285. The molecule has 0 bridgehead atoms. The Morgan fingerprint density at radius 3 is 2.65 bits per heavy atom. The van der Waals surface area contributed by atoms with Gasteiger partial charge in [0, 0.05) is 0 Å². The van der Waals surface area contributed by atoms with Gasteiger partial charge in [-0.1, -0.05) is 0 Å². The fourth-order valence-corrected chi connectivity index (χ4v) is 9.98. The van der Waals surface area contributed by atoms with Crippen LogP contribution in [0.4, 0.5) is 0 Å². The number of nitrogens with zero attached hydrogens (tertiary/aromatic N) is 1. The second-order valence-electron chi connectivity index (χ2n) is 11.9. The van der Waals surface area contributed by atoms with Crippen LogP contribution in [0.25, 0.3) is 6.08 Å². The van der Waals surface area contributed by atoms with Crippen molar-refractivity contribution in [3.05, 3.63) is 21.7 Å². The maximum absolute atomic E-state index is 13.3. The molecule has 0 radical (unpaired) electrons. The average Bonchev–Trinajstić information content (AvgIpc) is 3.23. The number of Topliss-reactive ketones (excluding diaryl/α,β-unsaturated/α-hetero) is 1. The standard InChI is InChI=1S/C28H41INO6S/c1-15-8-7-9-28-13-23(28)36-29-21(28)11-20(16(2)10-19-14-37-18(4)30-19)35-24(32)12-22(31)27(5,6)26(34)17(3)25(15)33/h10,14-15,17,20-23,25,31,33H,7-9,11-13H2,1-6H3/q-1/b16-10+/t15-,17+,20?,21?,22-,23-,25-,28-/m0/s1. The summed E-state index contributed by atoms with van der Waals surface area (Å²) >= 11 is 1.12. The van der Waals surface area contributed by atoms with Gasteiger partial charge in [-0.2, -0.15) is 0 Å². The maximum atomic E-state index is 13.3. The zero-order valence-electron chi connectivity index (χ0n) is 22.7. The van der Waals surface area contributed by atoms with Gasteiger partial charge in [0.15, 0.2) is 0 Å². The van der Waals surface area contributed by atoms with E-state index in [1.54, 1.807) is 32.1 Å². The van der Waals surface area contributed by atoms with Gasteiger partial charge in [0.05, 0.1) is 0 Å². The number of esters is 1. The Hall–Kier alpha value is -0.880. The molecule has 1 aromatic rings. The van der Waals surface area contributed by atoms with Gasteiger partial charge in [0.25, 0.3) is 0 Å². The van der Waals surface area contributed by atoms with Gasteiger partial charge in [-0.05, 0) is 0 Å². The van der Waals surface area contributed by atoms with E-state index < -0.39 is 57.2 Å².